The molecule has 132 valence electrons. The van der Waals surface area contributed by atoms with E-state index >= 15 is 0 Å². The largest absolute Gasteiger partial charge is 0.459 e. The molecule has 1 aromatic rings. The quantitative estimate of drug-likeness (QED) is 0.677. The SMILES string of the molecule is CC(C)(C)OC(=O)CN1C2CCC1CN(Cc1cccc(N)c1)C2. The second-order valence-electron chi connectivity index (χ2n) is 8.08. The van der Waals surface area contributed by atoms with Crippen LogP contribution in [0.3, 0.4) is 0 Å². The number of hydrogen-bond donors (Lipinski definition) is 1. The van der Waals surface area contributed by atoms with Crippen molar-refractivity contribution >= 4 is 11.7 Å². The van der Waals surface area contributed by atoms with Gasteiger partial charge in [0, 0.05) is 37.4 Å². The van der Waals surface area contributed by atoms with Crippen molar-refractivity contribution in [2.24, 2.45) is 0 Å². The molecule has 2 aliphatic heterocycles. The van der Waals surface area contributed by atoms with E-state index in [9.17, 15) is 4.79 Å². The first-order valence-corrected chi connectivity index (χ1v) is 8.84. The van der Waals surface area contributed by atoms with Gasteiger partial charge in [0.15, 0.2) is 0 Å². The molecule has 24 heavy (non-hydrogen) atoms. The molecule has 2 N–H and O–H groups in total. The molecule has 0 aliphatic carbocycles. The molecule has 2 unspecified atom stereocenters. The fraction of sp³-hybridized carbons (Fsp3) is 0.632. The molecule has 2 heterocycles. The van der Waals surface area contributed by atoms with Gasteiger partial charge >= 0.3 is 5.97 Å². The van der Waals surface area contributed by atoms with Crippen LogP contribution in [-0.2, 0) is 16.1 Å². The second kappa shape index (κ2) is 6.73. The number of benzene rings is 1. The molecule has 2 saturated heterocycles. The molecule has 0 aromatic heterocycles. The van der Waals surface area contributed by atoms with Crippen molar-refractivity contribution in [2.75, 3.05) is 25.4 Å². The van der Waals surface area contributed by atoms with Crippen molar-refractivity contribution in [2.45, 2.75) is 57.8 Å². The number of anilines is 1. The minimum absolute atomic E-state index is 0.108. The first-order valence-electron chi connectivity index (χ1n) is 8.84. The van der Waals surface area contributed by atoms with Gasteiger partial charge in [-0.15, -0.1) is 0 Å². The van der Waals surface area contributed by atoms with Gasteiger partial charge in [0.05, 0.1) is 6.54 Å². The summed E-state index contributed by atoms with van der Waals surface area (Å²) >= 11 is 0. The van der Waals surface area contributed by atoms with Crippen molar-refractivity contribution in [3.63, 3.8) is 0 Å². The Morgan fingerprint density at radius 3 is 2.50 bits per heavy atom. The second-order valence-corrected chi connectivity index (χ2v) is 8.08. The lowest BCUT2D eigenvalue weighted by molar-refractivity contribution is -0.157. The van der Waals surface area contributed by atoms with Crippen molar-refractivity contribution in [1.29, 1.82) is 0 Å². The Morgan fingerprint density at radius 2 is 1.92 bits per heavy atom. The van der Waals surface area contributed by atoms with Gasteiger partial charge in [-0.3, -0.25) is 14.6 Å². The number of hydrogen-bond acceptors (Lipinski definition) is 5. The molecule has 2 bridgehead atoms. The van der Waals surface area contributed by atoms with E-state index in [1.807, 2.05) is 32.9 Å². The summed E-state index contributed by atoms with van der Waals surface area (Å²) < 4.78 is 5.49. The number of rotatable bonds is 4. The van der Waals surface area contributed by atoms with Crippen LogP contribution >= 0.6 is 0 Å². The smallest absolute Gasteiger partial charge is 0.320 e. The molecule has 0 saturated carbocycles. The zero-order valence-electron chi connectivity index (χ0n) is 15.0. The summed E-state index contributed by atoms with van der Waals surface area (Å²) in [7, 11) is 0. The normalized spacial score (nSPS) is 25.0. The van der Waals surface area contributed by atoms with Gasteiger partial charge in [-0.2, -0.15) is 0 Å². The standard InChI is InChI=1S/C19H29N3O2/c1-19(2,3)24-18(23)13-22-16-7-8-17(22)12-21(11-16)10-14-5-4-6-15(20)9-14/h4-6,9,16-17H,7-8,10-13,20H2,1-3H3. The maximum absolute atomic E-state index is 12.2. The summed E-state index contributed by atoms with van der Waals surface area (Å²) in [5.41, 5.74) is 7.55. The van der Waals surface area contributed by atoms with Crippen LogP contribution in [0.25, 0.3) is 0 Å². The number of carbonyl (C=O) groups is 1. The number of piperazine rings is 1. The molecule has 3 rings (SSSR count). The number of nitrogens with two attached hydrogens (primary N) is 1. The van der Waals surface area contributed by atoms with Crippen LogP contribution in [0.4, 0.5) is 5.69 Å². The maximum Gasteiger partial charge on any atom is 0.320 e. The van der Waals surface area contributed by atoms with Crippen molar-refractivity contribution in [3.8, 4) is 0 Å². The van der Waals surface area contributed by atoms with E-state index in [0.29, 0.717) is 18.6 Å². The van der Waals surface area contributed by atoms with E-state index in [2.05, 4.69) is 21.9 Å². The summed E-state index contributed by atoms with van der Waals surface area (Å²) in [6.07, 6.45) is 2.34. The van der Waals surface area contributed by atoms with E-state index in [1.54, 1.807) is 0 Å². The number of fused-ring (bicyclic) bond motifs is 2. The highest BCUT2D eigenvalue weighted by Crippen LogP contribution is 2.31. The first kappa shape index (κ1) is 17.2. The molecule has 5 heteroatoms. The van der Waals surface area contributed by atoms with Crippen LogP contribution in [0.15, 0.2) is 24.3 Å². The number of nitrogen functional groups attached to an aromatic ring is 1. The van der Waals surface area contributed by atoms with Gasteiger partial charge < -0.3 is 10.5 Å². The number of nitrogens with zero attached hydrogens (tertiary/aromatic N) is 2. The van der Waals surface area contributed by atoms with Gasteiger partial charge in [-0.25, -0.2) is 0 Å². The average molecular weight is 331 g/mol. The van der Waals surface area contributed by atoms with E-state index < -0.39 is 5.60 Å². The van der Waals surface area contributed by atoms with Gasteiger partial charge in [0.25, 0.3) is 0 Å². The number of carbonyl (C=O) groups excluding carboxylic acids is 1. The van der Waals surface area contributed by atoms with Gasteiger partial charge in [0.1, 0.15) is 5.60 Å². The van der Waals surface area contributed by atoms with E-state index in [-0.39, 0.29) is 5.97 Å². The lowest BCUT2D eigenvalue weighted by Gasteiger charge is -2.40. The van der Waals surface area contributed by atoms with Crippen LogP contribution in [0.5, 0.6) is 0 Å². The minimum Gasteiger partial charge on any atom is -0.459 e. The van der Waals surface area contributed by atoms with E-state index in [1.165, 1.54) is 18.4 Å². The lowest BCUT2D eigenvalue weighted by atomic mass is 10.1. The predicted molar refractivity (Wildman–Crippen MR) is 95.5 cm³/mol. The minimum atomic E-state index is -0.412. The van der Waals surface area contributed by atoms with Crippen LogP contribution < -0.4 is 5.73 Å². The molecule has 1 aromatic carbocycles. The Bertz CT molecular complexity index is 583. The third kappa shape index (κ3) is 4.28. The van der Waals surface area contributed by atoms with E-state index in [4.69, 9.17) is 10.5 Å². The highest BCUT2D eigenvalue weighted by Gasteiger charge is 2.41. The summed E-state index contributed by atoms with van der Waals surface area (Å²) in [6.45, 7) is 9.12. The van der Waals surface area contributed by atoms with Gasteiger partial charge in [-0.1, -0.05) is 12.1 Å². The fourth-order valence-corrected chi connectivity index (χ4v) is 3.94. The molecular weight excluding hydrogens is 302 g/mol. The Balaban J connectivity index is 1.57. The maximum atomic E-state index is 12.2. The van der Waals surface area contributed by atoms with Crippen molar-refractivity contribution in [1.82, 2.24) is 9.80 Å². The first-order chi connectivity index (χ1) is 11.3. The summed E-state index contributed by atoms with van der Waals surface area (Å²) in [5.74, 6) is -0.108. The molecule has 2 atom stereocenters. The third-order valence-corrected chi connectivity index (χ3v) is 4.80. The van der Waals surface area contributed by atoms with Gasteiger partial charge in [0.2, 0.25) is 0 Å². The average Bonchev–Trinajstić information content (AvgIpc) is 2.68. The zero-order valence-corrected chi connectivity index (χ0v) is 15.0. The van der Waals surface area contributed by atoms with Crippen molar-refractivity contribution in [3.05, 3.63) is 29.8 Å². The number of ether oxygens (including phenoxy) is 1. The molecule has 2 fully saturated rings. The predicted octanol–water partition coefficient (Wildman–Crippen LogP) is 2.26. The van der Waals surface area contributed by atoms with Crippen LogP contribution in [0, 0.1) is 0 Å². The monoisotopic (exact) mass is 331 g/mol. The molecule has 0 spiro atoms. The summed E-state index contributed by atoms with van der Waals surface area (Å²) in [5, 5.41) is 0. The van der Waals surface area contributed by atoms with Crippen LogP contribution in [-0.4, -0.2) is 53.1 Å². The van der Waals surface area contributed by atoms with E-state index in [0.717, 1.165) is 25.3 Å². The fourth-order valence-electron chi connectivity index (χ4n) is 3.94. The highest BCUT2D eigenvalue weighted by molar-refractivity contribution is 5.72. The Labute approximate surface area is 144 Å². The molecule has 2 aliphatic rings. The van der Waals surface area contributed by atoms with Crippen molar-refractivity contribution < 1.29 is 9.53 Å². The molecular formula is C19H29N3O2. The lowest BCUT2D eigenvalue weighted by Crippen LogP contribution is -2.55. The number of esters is 1. The zero-order chi connectivity index (χ0) is 17.3. The molecule has 0 amide bonds. The third-order valence-electron chi connectivity index (χ3n) is 4.80. The van der Waals surface area contributed by atoms with Crippen LogP contribution in [0.1, 0.15) is 39.2 Å². The van der Waals surface area contributed by atoms with Crippen LogP contribution in [0.2, 0.25) is 0 Å². The van der Waals surface area contributed by atoms with Gasteiger partial charge in [-0.05, 0) is 51.3 Å². The summed E-state index contributed by atoms with van der Waals surface area (Å²) in [4.78, 5) is 17.0. The number of likely N-dealkylation sites (tertiary alicyclic amines) is 1. The molecule has 0 radical (unpaired) electrons. The Kier molecular flexibility index (Phi) is 4.83. The highest BCUT2D eigenvalue weighted by atomic mass is 16.6. The summed E-state index contributed by atoms with van der Waals surface area (Å²) in [6, 6.07) is 9.03. The topological polar surface area (TPSA) is 58.8 Å². The Hall–Kier alpha value is -1.59. The Morgan fingerprint density at radius 1 is 1.25 bits per heavy atom. The molecule has 5 nitrogen and oxygen atoms in total.